The zero-order valence-corrected chi connectivity index (χ0v) is 32.2. The number of morpholine rings is 1. The molecular weight excluding hydrogens is 702 g/mol. The highest BCUT2D eigenvalue weighted by Gasteiger charge is 2.49. The number of ether oxygens (including phenoxy) is 4. The first kappa shape index (κ1) is 37.6. The molecule has 1 saturated heterocycles. The van der Waals surface area contributed by atoms with Crippen LogP contribution in [0.4, 0.5) is 5.69 Å². The first-order chi connectivity index (χ1) is 25.1. The Hall–Kier alpha value is -2.67. The molecule has 2 bridgehead atoms. The van der Waals surface area contributed by atoms with Crippen molar-refractivity contribution in [2.75, 3.05) is 77.8 Å². The van der Waals surface area contributed by atoms with Crippen molar-refractivity contribution < 1.29 is 32.2 Å². The van der Waals surface area contributed by atoms with Gasteiger partial charge in [0.05, 0.1) is 44.0 Å². The number of fused-ring (bicyclic) bond motifs is 4. The summed E-state index contributed by atoms with van der Waals surface area (Å²) in [6, 6.07) is 11.6. The van der Waals surface area contributed by atoms with Crippen LogP contribution < -0.4 is 14.4 Å². The van der Waals surface area contributed by atoms with E-state index in [2.05, 4.69) is 38.8 Å². The van der Waals surface area contributed by atoms with Crippen LogP contribution in [0.1, 0.15) is 73.4 Å². The number of rotatable bonds is 7. The van der Waals surface area contributed by atoms with E-state index < -0.39 is 26.8 Å². The van der Waals surface area contributed by atoms with Crippen LogP contribution in [0.2, 0.25) is 5.02 Å². The number of sulfonamides is 1. The zero-order valence-electron chi connectivity index (χ0n) is 30.6. The topological polar surface area (TPSA) is 107 Å². The number of allylic oxidation sites excluding steroid dienone is 1. The summed E-state index contributed by atoms with van der Waals surface area (Å²) in [6.45, 7) is 8.95. The van der Waals surface area contributed by atoms with Gasteiger partial charge in [0.25, 0.3) is 5.91 Å². The third kappa shape index (κ3) is 7.77. The Kier molecular flexibility index (Phi) is 11.6. The van der Waals surface area contributed by atoms with E-state index in [0.717, 1.165) is 82.2 Å². The Morgan fingerprint density at radius 1 is 1.10 bits per heavy atom. The number of amides is 1. The van der Waals surface area contributed by atoms with Crippen LogP contribution in [0.3, 0.4) is 0 Å². The van der Waals surface area contributed by atoms with Gasteiger partial charge in [-0.15, -0.1) is 0 Å². The number of carbonyl (C=O) groups is 1. The van der Waals surface area contributed by atoms with Gasteiger partial charge in [-0.2, -0.15) is 0 Å². The maximum atomic E-state index is 13.6. The first-order valence-electron chi connectivity index (χ1n) is 19.1. The predicted molar refractivity (Wildman–Crippen MR) is 203 cm³/mol. The van der Waals surface area contributed by atoms with Crippen LogP contribution in [0.15, 0.2) is 48.6 Å². The molecular formula is C40H54ClN3O7S. The molecule has 52 heavy (non-hydrogen) atoms. The molecule has 2 aromatic rings. The molecule has 2 aromatic carbocycles. The van der Waals surface area contributed by atoms with Crippen molar-refractivity contribution in [3.63, 3.8) is 0 Å². The standard InChI is InChI=1S/C40H54ClN3O7S/c1-3-33-8-4-5-16-40(48-2,28-50-22-19-43-17-20-49-21-18-43)35-12-9-31(35)25-44-26-39(15-6-7-29-23-32(41)11-13-34(29)39)27-51-37-14-10-30(24-36(37)44)38(45)42-52(33,46)47/h5,10-11,13-14,16,23-24,31,33,35H,3-4,6-9,12,15,17-22,25-28H2,1-2H3,(H,42,45)/b16-5+/t31-,33+,35+,39-,40+/m0/s1. The van der Waals surface area contributed by atoms with E-state index in [0.29, 0.717) is 56.9 Å². The Balaban J connectivity index is 1.24. The monoisotopic (exact) mass is 755 g/mol. The molecule has 1 amide bonds. The lowest BCUT2D eigenvalue weighted by Gasteiger charge is -2.50. The molecule has 3 aliphatic heterocycles. The Morgan fingerprint density at radius 2 is 1.94 bits per heavy atom. The van der Waals surface area contributed by atoms with Gasteiger partial charge >= 0.3 is 0 Å². The molecule has 1 N–H and O–H groups in total. The predicted octanol–water partition coefficient (Wildman–Crippen LogP) is 5.76. The minimum Gasteiger partial charge on any atom is -0.490 e. The lowest BCUT2D eigenvalue weighted by molar-refractivity contribution is -0.120. The normalized spacial score (nSPS) is 31.3. The number of benzene rings is 2. The highest BCUT2D eigenvalue weighted by molar-refractivity contribution is 7.90. The molecule has 5 aliphatic rings. The van der Waals surface area contributed by atoms with Gasteiger partial charge in [-0.05, 0) is 105 Å². The van der Waals surface area contributed by atoms with Gasteiger partial charge < -0.3 is 23.8 Å². The van der Waals surface area contributed by atoms with Gasteiger partial charge in [0, 0.05) is 55.8 Å². The number of aryl methyl sites for hydroxylation is 1. The van der Waals surface area contributed by atoms with Gasteiger partial charge in [-0.3, -0.25) is 9.69 Å². The third-order valence-electron chi connectivity index (χ3n) is 12.3. The highest BCUT2D eigenvalue weighted by Crippen LogP contribution is 2.49. The maximum Gasteiger partial charge on any atom is 0.264 e. The van der Waals surface area contributed by atoms with Crippen LogP contribution in [0.5, 0.6) is 5.75 Å². The van der Waals surface area contributed by atoms with Crippen LogP contribution in [0.25, 0.3) is 0 Å². The molecule has 0 radical (unpaired) electrons. The lowest BCUT2D eigenvalue weighted by atomic mass is 9.64. The summed E-state index contributed by atoms with van der Waals surface area (Å²) >= 11 is 6.48. The number of halogens is 1. The van der Waals surface area contributed by atoms with E-state index in [1.54, 1.807) is 13.2 Å². The SMILES string of the molecule is CC[C@@H]1CC/C=C/[C@](COCCN2CCOCC2)(OC)[C@@H]2CC[C@H]2CN2C[C@@]3(CCCc4cc(Cl)ccc43)COc3ccc(cc32)C(=O)NS1(=O)=O. The first-order valence-corrected chi connectivity index (χ1v) is 21.0. The fourth-order valence-electron chi connectivity index (χ4n) is 9.19. The highest BCUT2D eigenvalue weighted by atomic mass is 35.5. The zero-order chi connectivity index (χ0) is 36.3. The Labute approximate surface area is 314 Å². The second-order valence-electron chi connectivity index (χ2n) is 15.4. The summed E-state index contributed by atoms with van der Waals surface area (Å²) in [5.74, 6) is 0.556. The van der Waals surface area contributed by atoms with Gasteiger partial charge in [0.15, 0.2) is 0 Å². The smallest absolute Gasteiger partial charge is 0.264 e. The van der Waals surface area contributed by atoms with Gasteiger partial charge in [0.1, 0.15) is 11.4 Å². The number of hydrogen-bond acceptors (Lipinski definition) is 9. The summed E-state index contributed by atoms with van der Waals surface area (Å²) < 4.78 is 54.7. The number of nitrogens with zero attached hydrogens (tertiary/aromatic N) is 2. The Bertz CT molecular complexity index is 1730. The molecule has 3 heterocycles. The van der Waals surface area contributed by atoms with E-state index >= 15 is 0 Å². The van der Waals surface area contributed by atoms with Crippen molar-refractivity contribution in [1.82, 2.24) is 9.62 Å². The average Bonchev–Trinajstić information content (AvgIpc) is 3.28. The van der Waals surface area contributed by atoms with Crippen LogP contribution in [-0.4, -0.2) is 103 Å². The van der Waals surface area contributed by atoms with E-state index in [1.807, 2.05) is 25.1 Å². The van der Waals surface area contributed by atoms with Gasteiger partial charge in [-0.25, -0.2) is 13.1 Å². The number of anilines is 1. The van der Waals surface area contributed by atoms with Crippen LogP contribution in [-0.2, 0) is 36.1 Å². The van der Waals surface area contributed by atoms with Crippen molar-refractivity contribution in [2.45, 2.75) is 74.6 Å². The fourth-order valence-corrected chi connectivity index (χ4v) is 10.8. The summed E-state index contributed by atoms with van der Waals surface area (Å²) in [7, 11) is -2.15. The molecule has 2 fully saturated rings. The second-order valence-corrected chi connectivity index (χ2v) is 17.8. The van der Waals surface area contributed by atoms with Crippen LogP contribution >= 0.6 is 11.6 Å². The molecule has 284 valence electrons. The van der Waals surface area contributed by atoms with Gasteiger partial charge in [-0.1, -0.05) is 36.7 Å². The molecule has 0 unspecified atom stereocenters. The lowest BCUT2D eigenvalue weighted by Crippen LogP contribution is -2.55. The summed E-state index contributed by atoms with van der Waals surface area (Å²) in [6.07, 6.45) is 10.5. The van der Waals surface area contributed by atoms with Crippen molar-refractivity contribution in [3.05, 3.63) is 70.3 Å². The molecule has 7 rings (SSSR count). The quantitative estimate of drug-likeness (QED) is 0.279. The number of nitrogens with one attached hydrogen (secondary N) is 1. The van der Waals surface area contributed by atoms with E-state index in [1.165, 1.54) is 11.1 Å². The van der Waals surface area contributed by atoms with Crippen molar-refractivity contribution in [3.8, 4) is 5.75 Å². The van der Waals surface area contributed by atoms with Crippen molar-refractivity contribution in [2.24, 2.45) is 11.8 Å². The third-order valence-corrected chi connectivity index (χ3v) is 14.5. The molecule has 5 atom stereocenters. The second kappa shape index (κ2) is 16.0. The van der Waals surface area contributed by atoms with Crippen molar-refractivity contribution >= 4 is 33.2 Å². The maximum absolute atomic E-state index is 13.6. The molecule has 1 saturated carbocycles. The van der Waals surface area contributed by atoms with E-state index in [4.69, 9.17) is 30.5 Å². The number of hydrogen-bond donors (Lipinski definition) is 1. The van der Waals surface area contributed by atoms with E-state index in [-0.39, 0.29) is 17.3 Å². The molecule has 2 aliphatic carbocycles. The summed E-state index contributed by atoms with van der Waals surface area (Å²) in [5, 5.41) is 0.0237. The summed E-state index contributed by atoms with van der Waals surface area (Å²) in [4.78, 5) is 18.4. The van der Waals surface area contributed by atoms with Crippen LogP contribution in [0, 0.1) is 11.8 Å². The minimum absolute atomic E-state index is 0.184. The number of carbonyl (C=O) groups excluding carboxylic acids is 1. The molecule has 0 aromatic heterocycles. The largest absolute Gasteiger partial charge is 0.490 e. The fraction of sp³-hybridized carbons (Fsp3) is 0.625. The summed E-state index contributed by atoms with van der Waals surface area (Å²) in [5.41, 5.74) is 2.70. The average molecular weight is 756 g/mol. The minimum atomic E-state index is -3.93. The number of methoxy groups -OCH3 is 1. The van der Waals surface area contributed by atoms with Gasteiger partial charge in [0.2, 0.25) is 10.0 Å². The van der Waals surface area contributed by atoms with E-state index in [9.17, 15) is 13.2 Å². The molecule has 1 spiro atoms. The molecule has 12 heteroatoms. The molecule has 10 nitrogen and oxygen atoms in total. The Morgan fingerprint density at radius 3 is 2.71 bits per heavy atom. The van der Waals surface area contributed by atoms with Crippen molar-refractivity contribution in [1.29, 1.82) is 0 Å².